The molecule has 0 aliphatic heterocycles. The van der Waals surface area contributed by atoms with E-state index in [1.807, 2.05) is 51.1 Å². The van der Waals surface area contributed by atoms with E-state index in [1.165, 1.54) is 0 Å². The Morgan fingerprint density at radius 3 is 2.33 bits per heavy atom. The zero-order chi connectivity index (χ0) is 13.5. The number of carbonyl (C=O) groups is 1. The number of carbonyl (C=O) groups excluding carboxylic acids is 1. The van der Waals surface area contributed by atoms with Gasteiger partial charge < -0.3 is 9.47 Å². The molecule has 0 aliphatic carbocycles. The van der Waals surface area contributed by atoms with E-state index in [4.69, 9.17) is 9.47 Å². The van der Waals surface area contributed by atoms with Gasteiger partial charge in [0, 0.05) is 5.57 Å². The first-order valence-electron chi connectivity index (χ1n) is 6.11. The second-order valence-corrected chi connectivity index (χ2v) is 4.25. The van der Waals surface area contributed by atoms with Gasteiger partial charge in [0.25, 0.3) is 0 Å². The maximum Gasteiger partial charge on any atom is 0.334 e. The second-order valence-electron chi connectivity index (χ2n) is 4.25. The lowest BCUT2D eigenvalue weighted by molar-refractivity contribution is -0.138. The summed E-state index contributed by atoms with van der Waals surface area (Å²) >= 11 is 0. The monoisotopic (exact) mass is 248 g/mol. The van der Waals surface area contributed by atoms with Gasteiger partial charge in [-0.05, 0) is 36.6 Å². The molecule has 1 aromatic rings. The molecule has 0 heterocycles. The minimum atomic E-state index is -0.247. The van der Waals surface area contributed by atoms with Crippen LogP contribution in [0.25, 0.3) is 6.08 Å². The van der Waals surface area contributed by atoms with Crippen molar-refractivity contribution in [2.45, 2.75) is 20.8 Å². The van der Waals surface area contributed by atoms with Gasteiger partial charge in [-0.1, -0.05) is 26.0 Å². The van der Waals surface area contributed by atoms with Gasteiger partial charge in [-0.25, -0.2) is 4.79 Å². The zero-order valence-corrected chi connectivity index (χ0v) is 11.4. The molecule has 0 fully saturated rings. The van der Waals surface area contributed by atoms with Gasteiger partial charge in [0.1, 0.15) is 5.75 Å². The lowest BCUT2D eigenvalue weighted by atomic mass is 10.0. The summed E-state index contributed by atoms with van der Waals surface area (Å²) in [5.41, 5.74) is 1.65. The average molecular weight is 248 g/mol. The SMILES string of the molecule is CCOC(=O)/C(=C/c1ccc(OC)cc1)C(C)C. The fourth-order valence-corrected chi connectivity index (χ4v) is 1.56. The van der Waals surface area contributed by atoms with Crippen molar-refractivity contribution < 1.29 is 14.3 Å². The van der Waals surface area contributed by atoms with Gasteiger partial charge in [-0.15, -0.1) is 0 Å². The number of methoxy groups -OCH3 is 1. The molecule has 0 unspecified atom stereocenters. The normalized spacial score (nSPS) is 11.5. The Labute approximate surface area is 108 Å². The van der Waals surface area contributed by atoms with Crippen LogP contribution in [-0.4, -0.2) is 19.7 Å². The Morgan fingerprint density at radius 1 is 1.28 bits per heavy atom. The molecule has 3 nitrogen and oxygen atoms in total. The van der Waals surface area contributed by atoms with Crippen LogP contribution in [0.5, 0.6) is 5.75 Å². The van der Waals surface area contributed by atoms with E-state index >= 15 is 0 Å². The maximum atomic E-state index is 11.8. The van der Waals surface area contributed by atoms with Crippen LogP contribution < -0.4 is 4.74 Å². The summed E-state index contributed by atoms with van der Waals surface area (Å²) in [5.74, 6) is 0.684. The third kappa shape index (κ3) is 3.91. The topological polar surface area (TPSA) is 35.5 Å². The molecular weight excluding hydrogens is 228 g/mol. The van der Waals surface area contributed by atoms with E-state index < -0.39 is 0 Å². The summed E-state index contributed by atoms with van der Waals surface area (Å²) in [4.78, 5) is 11.8. The summed E-state index contributed by atoms with van der Waals surface area (Å²) in [5, 5.41) is 0. The predicted molar refractivity (Wildman–Crippen MR) is 72.4 cm³/mol. The highest BCUT2D eigenvalue weighted by Gasteiger charge is 2.14. The smallest absolute Gasteiger partial charge is 0.334 e. The summed E-state index contributed by atoms with van der Waals surface area (Å²) in [7, 11) is 1.63. The molecule has 0 saturated heterocycles. The molecule has 0 N–H and O–H groups in total. The molecule has 3 heteroatoms. The number of rotatable bonds is 5. The van der Waals surface area contributed by atoms with E-state index in [1.54, 1.807) is 7.11 Å². The van der Waals surface area contributed by atoms with Crippen molar-refractivity contribution in [3.05, 3.63) is 35.4 Å². The number of hydrogen-bond acceptors (Lipinski definition) is 3. The molecule has 0 bridgehead atoms. The molecule has 0 saturated carbocycles. The molecule has 0 radical (unpaired) electrons. The largest absolute Gasteiger partial charge is 0.497 e. The zero-order valence-electron chi connectivity index (χ0n) is 11.4. The van der Waals surface area contributed by atoms with Crippen LogP contribution in [0.3, 0.4) is 0 Å². The molecule has 0 amide bonds. The van der Waals surface area contributed by atoms with Crippen molar-refractivity contribution in [2.24, 2.45) is 5.92 Å². The van der Waals surface area contributed by atoms with Gasteiger partial charge in [0.05, 0.1) is 13.7 Å². The van der Waals surface area contributed by atoms with Crippen molar-refractivity contribution in [1.29, 1.82) is 0 Å². The van der Waals surface area contributed by atoms with Crippen molar-refractivity contribution in [1.82, 2.24) is 0 Å². The fourth-order valence-electron chi connectivity index (χ4n) is 1.56. The van der Waals surface area contributed by atoms with Crippen molar-refractivity contribution in [2.75, 3.05) is 13.7 Å². The highest BCUT2D eigenvalue weighted by Crippen LogP contribution is 2.18. The van der Waals surface area contributed by atoms with Crippen molar-refractivity contribution in [3.8, 4) is 5.75 Å². The Bertz CT molecular complexity index is 416. The molecule has 98 valence electrons. The minimum Gasteiger partial charge on any atom is -0.497 e. The van der Waals surface area contributed by atoms with Crippen LogP contribution >= 0.6 is 0 Å². The fraction of sp³-hybridized carbons (Fsp3) is 0.400. The summed E-state index contributed by atoms with van der Waals surface area (Å²) < 4.78 is 10.1. The summed E-state index contributed by atoms with van der Waals surface area (Å²) in [6, 6.07) is 7.57. The first-order valence-corrected chi connectivity index (χ1v) is 6.11. The van der Waals surface area contributed by atoms with Crippen molar-refractivity contribution >= 4 is 12.0 Å². The number of esters is 1. The average Bonchev–Trinajstić information content (AvgIpc) is 2.36. The first-order chi connectivity index (χ1) is 8.58. The maximum absolute atomic E-state index is 11.8. The van der Waals surface area contributed by atoms with Crippen LogP contribution in [0, 0.1) is 5.92 Å². The van der Waals surface area contributed by atoms with E-state index in [-0.39, 0.29) is 11.9 Å². The Hall–Kier alpha value is -1.77. The van der Waals surface area contributed by atoms with Crippen LogP contribution in [0.2, 0.25) is 0 Å². The summed E-state index contributed by atoms with van der Waals surface area (Å²) in [6.45, 7) is 6.16. The van der Waals surface area contributed by atoms with E-state index in [0.717, 1.165) is 11.3 Å². The van der Waals surface area contributed by atoms with Gasteiger partial charge >= 0.3 is 5.97 Å². The predicted octanol–water partition coefficient (Wildman–Crippen LogP) is 3.30. The Morgan fingerprint density at radius 2 is 1.89 bits per heavy atom. The molecule has 0 atom stereocenters. The van der Waals surface area contributed by atoms with Gasteiger partial charge in [-0.2, -0.15) is 0 Å². The molecule has 0 spiro atoms. The van der Waals surface area contributed by atoms with Crippen LogP contribution in [0.4, 0.5) is 0 Å². The molecule has 1 rings (SSSR count). The first kappa shape index (κ1) is 14.3. The molecule has 0 aliphatic rings. The molecule has 0 aromatic heterocycles. The van der Waals surface area contributed by atoms with E-state index in [0.29, 0.717) is 12.2 Å². The molecule has 18 heavy (non-hydrogen) atoms. The quantitative estimate of drug-likeness (QED) is 0.592. The minimum absolute atomic E-state index is 0.131. The Kier molecular flexibility index (Phi) is 5.43. The van der Waals surface area contributed by atoms with Crippen LogP contribution in [0.15, 0.2) is 29.8 Å². The highest BCUT2D eigenvalue weighted by molar-refractivity contribution is 5.94. The Balaban J connectivity index is 2.96. The second kappa shape index (κ2) is 6.84. The third-order valence-corrected chi connectivity index (χ3v) is 2.57. The van der Waals surface area contributed by atoms with Gasteiger partial charge in [0.2, 0.25) is 0 Å². The van der Waals surface area contributed by atoms with E-state index in [9.17, 15) is 4.79 Å². The third-order valence-electron chi connectivity index (χ3n) is 2.57. The van der Waals surface area contributed by atoms with Crippen LogP contribution in [0.1, 0.15) is 26.3 Å². The number of ether oxygens (including phenoxy) is 2. The molecular formula is C15H20O3. The summed E-state index contributed by atoms with van der Waals surface area (Å²) in [6.07, 6.45) is 1.86. The number of hydrogen-bond donors (Lipinski definition) is 0. The van der Waals surface area contributed by atoms with Crippen LogP contribution in [-0.2, 0) is 9.53 Å². The van der Waals surface area contributed by atoms with E-state index in [2.05, 4.69) is 0 Å². The highest BCUT2D eigenvalue weighted by atomic mass is 16.5. The lowest BCUT2D eigenvalue weighted by Crippen LogP contribution is -2.12. The van der Waals surface area contributed by atoms with Gasteiger partial charge in [-0.3, -0.25) is 0 Å². The van der Waals surface area contributed by atoms with Crippen molar-refractivity contribution in [3.63, 3.8) is 0 Å². The number of benzene rings is 1. The standard InChI is InChI=1S/C15H20O3/c1-5-18-15(16)14(11(2)3)10-12-6-8-13(17-4)9-7-12/h6-11H,5H2,1-4H3/b14-10+. The molecule has 1 aromatic carbocycles. The lowest BCUT2D eigenvalue weighted by Gasteiger charge is -2.10. The van der Waals surface area contributed by atoms with Gasteiger partial charge in [0.15, 0.2) is 0 Å².